The van der Waals surface area contributed by atoms with Gasteiger partial charge >= 0.3 is 10.4 Å². The molecule has 0 aliphatic heterocycles. The molecule has 16 N–H and O–H groups in total. The third-order valence-corrected chi connectivity index (χ3v) is 8.93. The lowest BCUT2D eigenvalue weighted by atomic mass is 9.95. The van der Waals surface area contributed by atoms with Gasteiger partial charge in [-0.05, 0) is 75.0 Å². The van der Waals surface area contributed by atoms with Crippen LogP contribution in [0.5, 0.6) is 0 Å². The lowest BCUT2D eigenvalue weighted by molar-refractivity contribution is -0.147. The molecule has 0 aliphatic carbocycles. The van der Waals surface area contributed by atoms with Crippen LogP contribution in [-0.2, 0) is 48.8 Å². The molecule has 376 valence electrons. The summed E-state index contributed by atoms with van der Waals surface area (Å²) >= 11 is 0. The van der Waals surface area contributed by atoms with Crippen LogP contribution >= 0.6 is 0 Å². The molecule has 0 aromatic heterocycles. The number of amides is 6. The Bertz CT molecular complexity index is 1570. The van der Waals surface area contributed by atoms with Gasteiger partial charge in [-0.25, -0.2) is 0 Å². The van der Waals surface area contributed by atoms with Crippen molar-refractivity contribution < 1.29 is 55.9 Å². The van der Waals surface area contributed by atoms with E-state index in [4.69, 9.17) is 51.9 Å². The van der Waals surface area contributed by atoms with E-state index in [-0.39, 0.29) is 73.3 Å². The monoisotopic (exact) mass is 951 g/mol. The maximum Gasteiger partial charge on any atom is 0.394 e. The number of guanidine groups is 2. The quantitative estimate of drug-likeness (QED) is 0.0150. The van der Waals surface area contributed by atoms with Gasteiger partial charge in [0.1, 0.15) is 36.7 Å². The molecule has 0 fully saturated rings. The first-order chi connectivity index (χ1) is 29.8. The van der Waals surface area contributed by atoms with E-state index in [1.807, 2.05) is 55.4 Å². The normalized spacial score (nSPS) is 13.8. The lowest BCUT2D eigenvalue weighted by Crippen LogP contribution is -2.59. The Balaban J connectivity index is -0.00000107. The summed E-state index contributed by atoms with van der Waals surface area (Å²) in [4.78, 5) is 109. The van der Waals surface area contributed by atoms with Crippen molar-refractivity contribution in [1.29, 1.82) is 0 Å². The Kier molecular flexibility index (Phi) is 32.5. The molecule has 0 bridgehead atoms. The van der Waals surface area contributed by atoms with Gasteiger partial charge in [0.2, 0.25) is 35.4 Å². The molecule has 0 aromatic carbocycles. The van der Waals surface area contributed by atoms with Crippen molar-refractivity contribution in [3.8, 4) is 0 Å². The molecular formula is C40H78N12O12S. The predicted octanol–water partition coefficient (Wildman–Crippen LogP) is -0.879. The van der Waals surface area contributed by atoms with Gasteiger partial charge in [0.05, 0.1) is 12.1 Å². The summed E-state index contributed by atoms with van der Waals surface area (Å²) in [6.45, 7) is 18.4. The van der Waals surface area contributed by atoms with Crippen LogP contribution in [0, 0.1) is 23.7 Å². The van der Waals surface area contributed by atoms with Gasteiger partial charge in [0.25, 0.3) is 0 Å². The minimum absolute atomic E-state index is 0.0519. The van der Waals surface area contributed by atoms with Crippen LogP contribution in [0.2, 0.25) is 0 Å². The second kappa shape index (κ2) is 33.1. The average molecular weight is 951 g/mol. The van der Waals surface area contributed by atoms with Crippen LogP contribution in [0.15, 0.2) is 9.98 Å². The second-order valence-corrected chi connectivity index (χ2v) is 18.0. The summed E-state index contributed by atoms with van der Waals surface area (Å²) in [6.07, 6.45) is 3.93. The zero-order chi connectivity index (χ0) is 51.4. The first-order valence-corrected chi connectivity index (χ1v) is 22.7. The maximum absolute atomic E-state index is 13.5. The maximum atomic E-state index is 13.5. The van der Waals surface area contributed by atoms with Gasteiger partial charge in [-0.15, -0.1) is 0 Å². The van der Waals surface area contributed by atoms with Crippen molar-refractivity contribution >= 4 is 70.3 Å². The molecule has 24 nitrogen and oxygen atoms in total. The number of carbonyl (C=O) groups is 8. The molecule has 0 heterocycles. The molecule has 25 heteroatoms. The van der Waals surface area contributed by atoms with Gasteiger partial charge in [-0.3, -0.25) is 47.9 Å². The van der Waals surface area contributed by atoms with Gasteiger partial charge in [0.15, 0.2) is 11.9 Å². The highest BCUT2D eigenvalue weighted by Crippen LogP contribution is 2.22. The fraction of sp³-hybridized carbons (Fsp3) is 0.750. The van der Waals surface area contributed by atoms with E-state index in [1.165, 1.54) is 23.6 Å². The Morgan fingerprint density at radius 1 is 0.554 bits per heavy atom. The number of aliphatic imine (C=N–C) groups is 2. The standard InChI is InChI=1S/2C20H38N6O4.H2O4S/c2*1-12(2)9-16(25-14(5)28)19(30)26(17(18(21)29)10-13(3)4)15(11-27)7-6-8-24-20(22)23;1-5(2,3)4/h2*11-13,15-17H,6-10H2,1-5H3,(H2,21,29)(H,25,28)(H4,22,23,24);(H2,1,2,3,4)/t2*15-,16-,17-;/m00./s1. The van der Waals surface area contributed by atoms with Crippen molar-refractivity contribution in [3.05, 3.63) is 0 Å². The smallest absolute Gasteiger partial charge is 0.370 e. The van der Waals surface area contributed by atoms with Gasteiger partial charge < -0.3 is 64.4 Å². The van der Waals surface area contributed by atoms with Crippen molar-refractivity contribution in [3.63, 3.8) is 0 Å². The molecule has 0 saturated carbocycles. The Morgan fingerprint density at radius 2 is 0.815 bits per heavy atom. The van der Waals surface area contributed by atoms with E-state index < -0.39 is 70.3 Å². The average Bonchev–Trinajstić information content (AvgIpc) is 3.13. The van der Waals surface area contributed by atoms with Crippen molar-refractivity contribution in [1.82, 2.24) is 20.4 Å². The molecule has 65 heavy (non-hydrogen) atoms. The zero-order valence-corrected chi connectivity index (χ0v) is 40.5. The highest BCUT2D eigenvalue weighted by Gasteiger charge is 2.39. The van der Waals surface area contributed by atoms with Crippen molar-refractivity contribution in [2.45, 2.75) is 157 Å². The van der Waals surface area contributed by atoms with Gasteiger partial charge in [-0.2, -0.15) is 8.42 Å². The Morgan fingerprint density at radius 3 is 1.00 bits per heavy atom. The van der Waals surface area contributed by atoms with E-state index >= 15 is 0 Å². The molecule has 0 rings (SSSR count). The van der Waals surface area contributed by atoms with Crippen LogP contribution in [0.1, 0.15) is 121 Å². The summed E-state index contributed by atoms with van der Waals surface area (Å²) in [6, 6.07) is -5.47. The van der Waals surface area contributed by atoms with Crippen molar-refractivity contribution in [2.24, 2.45) is 68.1 Å². The molecular weight excluding hydrogens is 873 g/mol. The number of nitrogens with one attached hydrogen (secondary N) is 2. The largest absolute Gasteiger partial charge is 0.394 e. The molecule has 6 atom stereocenters. The zero-order valence-electron chi connectivity index (χ0n) is 39.6. The molecule has 6 amide bonds. The fourth-order valence-corrected chi connectivity index (χ4v) is 6.52. The SMILES string of the molecule is CC(=O)N[C@@H](CC(C)C)C(=O)N([C@H](C=O)CCCN=C(N)N)[C@@H](CC(C)C)C(N)=O.CC(=O)N[C@@H](CC(C)C)C(=O)N([C@H](C=O)CCCN=C(N)N)[C@@H](CC(C)C)C(N)=O.O=S(=O)(O)O. The number of rotatable bonds is 28. The molecule has 0 saturated heterocycles. The summed E-state index contributed by atoms with van der Waals surface area (Å²) < 4.78 is 31.6. The van der Waals surface area contributed by atoms with Crippen LogP contribution < -0.4 is 45.0 Å². The molecule has 0 unspecified atom stereocenters. The highest BCUT2D eigenvalue weighted by molar-refractivity contribution is 7.79. The fourth-order valence-electron chi connectivity index (χ4n) is 6.52. The summed E-state index contributed by atoms with van der Waals surface area (Å²) in [5, 5.41) is 5.29. The lowest BCUT2D eigenvalue weighted by Gasteiger charge is -2.37. The van der Waals surface area contributed by atoms with E-state index in [0.717, 1.165) is 0 Å². The van der Waals surface area contributed by atoms with E-state index in [1.54, 1.807) is 0 Å². The second-order valence-electron chi connectivity index (χ2n) is 17.1. The number of nitrogens with zero attached hydrogens (tertiary/aromatic N) is 4. The van der Waals surface area contributed by atoms with Crippen LogP contribution in [0.25, 0.3) is 0 Å². The third-order valence-electron chi connectivity index (χ3n) is 8.93. The molecule has 0 radical (unpaired) electrons. The summed E-state index contributed by atoms with van der Waals surface area (Å²) in [7, 11) is -4.67. The predicted molar refractivity (Wildman–Crippen MR) is 246 cm³/mol. The first kappa shape index (κ1) is 63.9. The molecule has 0 aromatic rings. The van der Waals surface area contributed by atoms with Crippen LogP contribution in [0.4, 0.5) is 0 Å². The number of nitrogens with two attached hydrogens (primary N) is 6. The van der Waals surface area contributed by atoms with Crippen molar-refractivity contribution in [2.75, 3.05) is 13.1 Å². The van der Waals surface area contributed by atoms with E-state index in [0.29, 0.717) is 51.1 Å². The first-order valence-electron chi connectivity index (χ1n) is 21.3. The number of primary amides is 2. The topological polar surface area (TPSA) is 423 Å². The number of aldehydes is 2. The minimum atomic E-state index is -4.67. The van der Waals surface area contributed by atoms with E-state index in [2.05, 4.69) is 20.6 Å². The summed E-state index contributed by atoms with van der Waals surface area (Å²) in [5.74, 6) is -2.96. The third kappa shape index (κ3) is 32.0. The van der Waals surface area contributed by atoms with Gasteiger partial charge in [0, 0.05) is 26.9 Å². The van der Waals surface area contributed by atoms with Crippen LogP contribution in [0.3, 0.4) is 0 Å². The summed E-state index contributed by atoms with van der Waals surface area (Å²) in [5.41, 5.74) is 32.5. The van der Waals surface area contributed by atoms with Crippen LogP contribution in [-0.4, -0.2) is 137 Å². The Labute approximate surface area is 383 Å². The minimum Gasteiger partial charge on any atom is -0.370 e. The number of hydrogen-bond donors (Lipinski definition) is 10. The van der Waals surface area contributed by atoms with E-state index in [9.17, 15) is 38.4 Å². The van der Waals surface area contributed by atoms with Gasteiger partial charge in [-0.1, -0.05) is 55.4 Å². The Hall–Kier alpha value is -5.43. The number of hydrogen-bond acceptors (Lipinski definition) is 12. The highest BCUT2D eigenvalue weighted by atomic mass is 32.3. The molecule has 0 aliphatic rings. The molecule has 0 spiro atoms. The number of carbonyl (C=O) groups excluding carboxylic acids is 8.